The van der Waals surface area contributed by atoms with Gasteiger partial charge in [0.15, 0.2) is 5.76 Å². The van der Waals surface area contributed by atoms with Gasteiger partial charge in [-0.15, -0.1) is 0 Å². The van der Waals surface area contributed by atoms with Crippen LogP contribution in [-0.2, 0) is 9.53 Å². The van der Waals surface area contributed by atoms with Crippen LogP contribution in [-0.4, -0.2) is 93.2 Å². The number of urea groups is 1. The SMILES string of the molecule is CCOC(=O)C1=C(CN2CCN(C(=O)c3ccco3)CC2)N(C)C(=O)NC1c1cc(OC)cc(OC)c1. The van der Waals surface area contributed by atoms with E-state index in [4.69, 9.17) is 18.6 Å². The van der Waals surface area contributed by atoms with E-state index >= 15 is 0 Å². The van der Waals surface area contributed by atoms with Crippen LogP contribution in [0.5, 0.6) is 11.5 Å². The van der Waals surface area contributed by atoms with Gasteiger partial charge in [0, 0.05) is 51.5 Å². The summed E-state index contributed by atoms with van der Waals surface area (Å²) in [4.78, 5) is 44.2. The number of methoxy groups -OCH3 is 2. The van der Waals surface area contributed by atoms with Crippen molar-refractivity contribution in [3.8, 4) is 11.5 Å². The Kier molecular flexibility index (Phi) is 8.02. The van der Waals surface area contributed by atoms with Crippen molar-refractivity contribution in [3.63, 3.8) is 0 Å². The van der Waals surface area contributed by atoms with Crippen LogP contribution >= 0.6 is 0 Å². The summed E-state index contributed by atoms with van der Waals surface area (Å²) in [5.41, 5.74) is 1.51. The van der Waals surface area contributed by atoms with Crippen LogP contribution in [0.1, 0.15) is 29.1 Å². The fraction of sp³-hybridized carbons (Fsp3) is 0.423. The van der Waals surface area contributed by atoms with Crippen molar-refractivity contribution in [2.75, 3.05) is 60.6 Å². The zero-order valence-corrected chi connectivity index (χ0v) is 21.5. The molecular weight excluding hydrogens is 480 g/mol. The van der Waals surface area contributed by atoms with Crippen LogP contribution in [0, 0.1) is 0 Å². The first-order chi connectivity index (χ1) is 17.9. The standard InChI is InChI=1S/C26H32N4O7/c1-5-36-25(32)22-20(16-29-8-10-30(11-9-29)24(31)21-7-6-12-37-21)28(2)26(33)27-23(22)17-13-18(34-3)15-19(14-17)35-4/h6-7,12-15,23H,5,8-11,16H2,1-4H3,(H,27,33). The largest absolute Gasteiger partial charge is 0.497 e. The topological polar surface area (TPSA) is 114 Å². The fourth-order valence-electron chi connectivity index (χ4n) is 4.52. The number of nitrogens with zero attached hydrogens (tertiary/aromatic N) is 3. The molecule has 0 aliphatic carbocycles. The molecule has 198 valence electrons. The van der Waals surface area contributed by atoms with Crippen molar-refractivity contribution >= 4 is 17.9 Å². The number of esters is 1. The Labute approximate surface area is 215 Å². The van der Waals surface area contributed by atoms with Crippen LogP contribution in [0.15, 0.2) is 52.3 Å². The summed E-state index contributed by atoms with van der Waals surface area (Å²) in [7, 11) is 4.70. The van der Waals surface area contributed by atoms with Crippen molar-refractivity contribution in [1.29, 1.82) is 0 Å². The lowest BCUT2D eigenvalue weighted by molar-refractivity contribution is -0.139. The molecule has 2 aromatic rings. The number of carbonyl (C=O) groups is 3. The van der Waals surface area contributed by atoms with Crippen LogP contribution in [0.2, 0.25) is 0 Å². The van der Waals surface area contributed by atoms with E-state index < -0.39 is 12.0 Å². The normalized spacial score (nSPS) is 18.5. The zero-order chi connectivity index (χ0) is 26.5. The van der Waals surface area contributed by atoms with Gasteiger partial charge in [-0.1, -0.05) is 0 Å². The summed E-state index contributed by atoms with van der Waals surface area (Å²) >= 11 is 0. The Hall–Kier alpha value is -3.99. The maximum atomic E-state index is 13.3. The third-order valence-electron chi connectivity index (χ3n) is 6.54. The Morgan fingerprint density at radius 2 is 1.76 bits per heavy atom. The highest BCUT2D eigenvalue weighted by Crippen LogP contribution is 2.35. The lowest BCUT2D eigenvalue weighted by atomic mass is 9.93. The van der Waals surface area contributed by atoms with Crippen molar-refractivity contribution in [2.24, 2.45) is 0 Å². The molecule has 37 heavy (non-hydrogen) atoms. The molecule has 0 spiro atoms. The number of hydrogen-bond donors (Lipinski definition) is 1. The molecule has 4 rings (SSSR count). The Morgan fingerprint density at radius 1 is 1.08 bits per heavy atom. The van der Waals surface area contributed by atoms with Crippen LogP contribution in [0.3, 0.4) is 0 Å². The number of carbonyl (C=O) groups excluding carboxylic acids is 3. The molecule has 2 aliphatic rings. The first-order valence-electron chi connectivity index (χ1n) is 12.1. The lowest BCUT2D eigenvalue weighted by Gasteiger charge is -2.39. The Balaban J connectivity index is 1.63. The summed E-state index contributed by atoms with van der Waals surface area (Å²) < 4.78 is 21.5. The van der Waals surface area contributed by atoms with Gasteiger partial charge in [-0.05, 0) is 36.8 Å². The predicted octanol–water partition coefficient (Wildman–Crippen LogP) is 2.27. The molecule has 1 N–H and O–H groups in total. The zero-order valence-electron chi connectivity index (χ0n) is 21.5. The Morgan fingerprint density at radius 3 is 2.32 bits per heavy atom. The van der Waals surface area contributed by atoms with E-state index in [1.54, 1.807) is 49.2 Å². The van der Waals surface area contributed by atoms with Gasteiger partial charge in [0.25, 0.3) is 5.91 Å². The highest BCUT2D eigenvalue weighted by Gasteiger charge is 2.38. The van der Waals surface area contributed by atoms with E-state index in [-0.39, 0.29) is 18.5 Å². The molecule has 1 atom stereocenters. The number of ether oxygens (including phenoxy) is 3. The van der Waals surface area contributed by atoms with E-state index in [2.05, 4.69) is 10.2 Å². The minimum absolute atomic E-state index is 0.155. The van der Waals surface area contributed by atoms with Gasteiger partial charge >= 0.3 is 12.0 Å². The molecule has 0 bridgehead atoms. The van der Waals surface area contributed by atoms with Crippen molar-refractivity contribution in [1.82, 2.24) is 20.0 Å². The highest BCUT2D eigenvalue weighted by molar-refractivity contribution is 5.95. The first-order valence-corrected chi connectivity index (χ1v) is 12.1. The Bertz CT molecular complexity index is 1150. The quantitative estimate of drug-likeness (QED) is 0.536. The summed E-state index contributed by atoms with van der Waals surface area (Å²) in [5, 5.41) is 2.91. The van der Waals surface area contributed by atoms with Gasteiger partial charge in [0.1, 0.15) is 11.5 Å². The van der Waals surface area contributed by atoms with Gasteiger partial charge in [-0.2, -0.15) is 0 Å². The molecule has 1 aromatic heterocycles. The van der Waals surface area contributed by atoms with Crippen molar-refractivity contribution in [3.05, 3.63) is 59.2 Å². The lowest BCUT2D eigenvalue weighted by Crippen LogP contribution is -2.53. The molecule has 1 saturated heterocycles. The molecule has 3 heterocycles. The van der Waals surface area contributed by atoms with E-state index in [0.29, 0.717) is 66.8 Å². The molecule has 1 aromatic carbocycles. The molecule has 0 saturated carbocycles. The second-order valence-corrected chi connectivity index (χ2v) is 8.71. The van der Waals surface area contributed by atoms with E-state index in [9.17, 15) is 14.4 Å². The van der Waals surface area contributed by atoms with Crippen LogP contribution < -0.4 is 14.8 Å². The molecule has 11 nitrogen and oxygen atoms in total. The van der Waals surface area contributed by atoms with E-state index in [0.717, 1.165) is 0 Å². The summed E-state index contributed by atoms with van der Waals surface area (Å²) in [6, 6.07) is 7.46. The third-order valence-corrected chi connectivity index (χ3v) is 6.54. The number of benzene rings is 1. The average molecular weight is 513 g/mol. The summed E-state index contributed by atoms with van der Waals surface area (Å²) in [6.07, 6.45) is 1.48. The van der Waals surface area contributed by atoms with Crippen molar-refractivity contribution < 1.29 is 33.0 Å². The minimum Gasteiger partial charge on any atom is -0.497 e. The van der Waals surface area contributed by atoms with Gasteiger partial charge < -0.3 is 28.8 Å². The van der Waals surface area contributed by atoms with Gasteiger partial charge in [-0.3, -0.25) is 14.6 Å². The van der Waals surface area contributed by atoms with E-state index in [1.807, 2.05) is 0 Å². The minimum atomic E-state index is -0.761. The maximum absolute atomic E-state index is 13.3. The second kappa shape index (κ2) is 11.4. The molecule has 2 aliphatic heterocycles. The highest BCUT2D eigenvalue weighted by atomic mass is 16.5. The fourth-order valence-corrected chi connectivity index (χ4v) is 4.52. The molecule has 1 fully saturated rings. The van der Waals surface area contributed by atoms with Gasteiger partial charge in [0.05, 0.1) is 38.7 Å². The third kappa shape index (κ3) is 5.56. The van der Waals surface area contributed by atoms with Crippen LogP contribution in [0.4, 0.5) is 4.79 Å². The predicted molar refractivity (Wildman–Crippen MR) is 133 cm³/mol. The summed E-state index contributed by atoms with van der Waals surface area (Å²) in [5.74, 6) is 0.704. The summed E-state index contributed by atoms with van der Waals surface area (Å²) in [6.45, 7) is 4.38. The molecular formula is C26H32N4O7. The average Bonchev–Trinajstić information content (AvgIpc) is 3.46. The first kappa shape index (κ1) is 26.1. The number of nitrogens with one attached hydrogen (secondary N) is 1. The number of hydrogen-bond acceptors (Lipinski definition) is 8. The number of likely N-dealkylation sites (N-methyl/N-ethyl adjacent to an activating group) is 1. The molecule has 11 heteroatoms. The number of furan rings is 1. The number of piperazine rings is 1. The van der Waals surface area contributed by atoms with Gasteiger partial charge in [-0.25, -0.2) is 9.59 Å². The molecule has 1 unspecified atom stereocenters. The van der Waals surface area contributed by atoms with Crippen LogP contribution in [0.25, 0.3) is 0 Å². The number of amides is 3. The second-order valence-electron chi connectivity index (χ2n) is 8.71. The number of rotatable bonds is 8. The van der Waals surface area contributed by atoms with E-state index in [1.165, 1.54) is 25.4 Å². The monoisotopic (exact) mass is 512 g/mol. The molecule has 0 radical (unpaired) electrons. The van der Waals surface area contributed by atoms with Crippen molar-refractivity contribution in [2.45, 2.75) is 13.0 Å². The molecule has 3 amide bonds. The smallest absolute Gasteiger partial charge is 0.338 e. The van der Waals surface area contributed by atoms with Gasteiger partial charge in [0.2, 0.25) is 0 Å². The maximum Gasteiger partial charge on any atom is 0.338 e.